The monoisotopic (exact) mass is 109 g/mol. The molecule has 1 aromatic rings. The summed E-state index contributed by atoms with van der Waals surface area (Å²) in [5.74, 6) is 0. The van der Waals surface area contributed by atoms with Crippen LogP contribution in [-0.2, 0) is 13.5 Å². The zero-order valence-electron chi connectivity index (χ0n) is 5.18. The normalized spacial score (nSPS) is 9.75. The molecule has 2 heteroatoms. The first kappa shape index (κ1) is 5.35. The second-order valence-electron chi connectivity index (χ2n) is 1.76. The summed E-state index contributed by atoms with van der Waals surface area (Å²) in [6.07, 6.45) is 5.89. The lowest BCUT2D eigenvalue weighted by Crippen LogP contribution is -1.85. The van der Waals surface area contributed by atoms with Crippen molar-refractivity contribution < 1.29 is 0 Å². The zero-order valence-corrected chi connectivity index (χ0v) is 5.18. The standard InChI is InChI=1S/C6H9N2/c1-3-6-4-7-8(2)5-6/h4H,3H2,1-2H3. The van der Waals surface area contributed by atoms with E-state index in [1.54, 1.807) is 4.68 Å². The van der Waals surface area contributed by atoms with Crippen LogP contribution in [0.5, 0.6) is 0 Å². The van der Waals surface area contributed by atoms with E-state index in [-0.39, 0.29) is 0 Å². The first-order chi connectivity index (χ1) is 3.83. The number of hydrogen-bond donors (Lipinski definition) is 0. The highest BCUT2D eigenvalue weighted by Crippen LogP contribution is 1.93. The van der Waals surface area contributed by atoms with Gasteiger partial charge in [-0.25, -0.2) is 0 Å². The molecular formula is C6H9N2. The van der Waals surface area contributed by atoms with Gasteiger partial charge in [-0.1, -0.05) is 6.92 Å². The average molecular weight is 109 g/mol. The Hall–Kier alpha value is -0.790. The Bertz CT molecular complexity index is 167. The molecule has 0 aromatic carbocycles. The Morgan fingerprint density at radius 1 is 1.88 bits per heavy atom. The van der Waals surface area contributed by atoms with E-state index in [1.165, 1.54) is 5.56 Å². The van der Waals surface area contributed by atoms with Crippen molar-refractivity contribution in [2.75, 3.05) is 0 Å². The Kier molecular flexibility index (Phi) is 1.33. The Balaban J connectivity index is 2.84. The third-order valence-corrected chi connectivity index (χ3v) is 1.07. The Morgan fingerprint density at radius 3 is 2.88 bits per heavy atom. The lowest BCUT2D eigenvalue weighted by molar-refractivity contribution is 0.760. The maximum Gasteiger partial charge on any atom is 0.0894 e. The zero-order chi connectivity index (χ0) is 5.98. The van der Waals surface area contributed by atoms with Gasteiger partial charge in [0.2, 0.25) is 0 Å². The third kappa shape index (κ3) is 0.886. The highest BCUT2D eigenvalue weighted by Gasteiger charge is 1.89. The lowest BCUT2D eigenvalue weighted by atomic mass is 10.3. The van der Waals surface area contributed by atoms with Gasteiger partial charge < -0.3 is 0 Å². The molecule has 0 N–H and O–H groups in total. The summed E-state index contributed by atoms with van der Waals surface area (Å²) in [4.78, 5) is 0. The van der Waals surface area contributed by atoms with Crippen LogP contribution in [0.3, 0.4) is 0 Å². The van der Waals surface area contributed by atoms with Crippen molar-refractivity contribution in [1.29, 1.82) is 0 Å². The topological polar surface area (TPSA) is 17.8 Å². The molecule has 8 heavy (non-hydrogen) atoms. The molecule has 0 amide bonds. The summed E-state index contributed by atoms with van der Waals surface area (Å²) >= 11 is 0. The Morgan fingerprint density at radius 2 is 2.62 bits per heavy atom. The van der Waals surface area contributed by atoms with Crippen molar-refractivity contribution in [3.8, 4) is 0 Å². The van der Waals surface area contributed by atoms with Gasteiger partial charge in [0.1, 0.15) is 0 Å². The van der Waals surface area contributed by atoms with Crippen molar-refractivity contribution in [2.45, 2.75) is 13.3 Å². The van der Waals surface area contributed by atoms with Crippen LogP contribution in [-0.4, -0.2) is 9.78 Å². The molecule has 1 aromatic heterocycles. The molecule has 0 unspecified atom stereocenters. The van der Waals surface area contributed by atoms with Crippen LogP contribution in [0.4, 0.5) is 0 Å². The molecule has 0 fully saturated rings. The van der Waals surface area contributed by atoms with Crippen molar-refractivity contribution in [1.82, 2.24) is 9.78 Å². The third-order valence-electron chi connectivity index (χ3n) is 1.07. The minimum atomic E-state index is 1.02. The van der Waals surface area contributed by atoms with Crippen molar-refractivity contribution in [2.24, 2.45) is 7.05 Å². The maximum atomic E-state index is 3.95. The van der Waals surface area contributed by atoms with E-state index < -0.39 is 0 Å². The fourth-order valence-corrected chi connectivity index (χ4v) is 0.592. The van der Waals surface area contributed by atoms with Gasteiger partial charge in [0, 0.05) is 7.05 Å². The number of aryl methyl sites for hydroxylation is 2. The molecule has 43 valence electrons. The summed E-state index contributed by atoms with van der Waals surface area (Å²) in [6.45, 7) is 2.09. The van der Waals surface area contributed by atoms with E-state index in [0.717, 1.165) is 6.42 Å². The molecule has 1 rings (SSSR count). The van der Waals surface area contributed by atoms with Crippen LogP contribution in [0.2, 0.25) is 0 Å². The molecule has 1 heterocycles. The summed E-state index contributed by atoms with van der Waals surface area (Å²) < 4.78 is 1.69. The summed E-state index contributed by atoms with van der Waals surface area (Å²) in [7, 11) is 1.87. The highest BCUT2D eigenvalue weighted by atomic mass is 15.2. The predicted molar refractivity (Wildman–Crippen MR) is 31.4 cm³/mol. The van der Waals surface area contributed by atoms with Crippen molar-refractivity contribution in [3.05, 3.63) is 18.0 Å². The maximum absolute atomic E-state index is 3.95. The van der Waals surface area contributed by atoms with Crippen molar-refractivity contribution in [3.63, 3.8) is 0 Å². The lowest BCUT2D eigenvalue weighted by Gasteiger charge is -1.80. The number of rotatable bonds is 1. The van der Waals surface area contributed by atoms with Gasteiger partial charge >= 0.3 is 0 Å². The van der Waals surface area contributed by atoms with E-state index in [4.69, 9.17) is 0 Å². The van der Waals surface area contributed by atoms with Gasteiger partial charge in [0.05, 0.1) is 12.4 Å². The van der Waals surface area contributed by atoms with Crippen LogP contribution in [0.1, 0.15) is 12.5 Å². The van der Waals surface area contributed by atoms with E-state index in [1.807, 2.05) is 13.2 Å². The SMILES string of the molecule is CCc1[c]n(C)nc1. The average Bonchev–Trinajstić information content (AvgIpc) is 2.14. The number of aromatic nitrogens is 2. The van der Waals surface area contributed by atoms with E-state index in [9.17, 15) is 0 Å². The number of nitrogens with zero attached hydrogens (tertiary/aromatic N) is 2. The molecule has 1 radical (unpaired) electrons. The van der Waals surface area contributed by atoms with Crippen LogP contribution >= 0.6 is 0 Å². The molecule has 0 aliphatic rings. The molecule has 0 aliphatic heterocycles. The van der Waals surface area contributed by atoms with E-state index in [0.29, 0.717) is 0 Å². The molecule has 0 aliphatic carbocycles. The molecule has 0 spiro atoms. The van der Waals surface area contributed by atoms with Gasteiger partial charge in [-0.15, -0.1) is 0 Å². The second kappa shape index (κ2) is 1.99. The molecule has 0 saturated carbocycles. The predicted octanol–water partition coefficient (Wildman–Crippen LogP) is 0.783. The fourth-order valence-electron chi connectivity index (χ4n) is 0.592. The summed E-state index contributed by atoms with van der Waals surface area (Å²) in [5, 5.41) is 3.95. The van der Waals surface area contributed by atoms with Crippen molar-refractivity contribution >= 4 is 0 Å². The second-order valence-corrected chi connectivity index (χ2v) is 1.76. The van der Waals surface area contributed by atoms with E-state index in [2.05, 4.69) is 18.2 Å². The van der Waals surface area contributed by atoms with Crippen LogP contribution in [0, 0.1) is 6.20 Å². The Labute approximate surface area is 49.1 Å². The summed E-state index contributed by atoms with van der Waals surface area (Å²) in [6, 6.07) is 0. The quantitative estimate of drug-likeness (QED) is 0.521. The van der Waals surface area contributed by atoms with E-state index >= 15 is 0 Å². The smallest absolute Gasteiger partial charge is 0.0894 e. The van der Waals surface area contributed by atoms with Gasteiger partial charge in [0.25, 0.3) is 0 Å². The van der Waals surface area contributed by atoms with Crippen LogP contribution in [0.25, 0.3) is 0 Å². The molecule has 0 bridgehead atoms. The van der Waals surface area contributed by atoms with Gasteiger partial charge in [-0.2, -0.15) is 5.10 Å². The largest absolute Gasteiger partial charge is 0.266 e. The van der Waals surface area contributed by atoms with Crippen LogP contribution < -0.4 is 0 Å². The molecule has 0 saturated heterocycles. The van der Waals surface area contributed by atoms with Gasteiger partial charge in [-0.3, -0.25) is 4.68 Å². The van der Waals surface area contributed by atoms with Crippen LogP contribution in [0.15, 0.2) is 6.20 Å². The minimum Gasteiger partial charge on any atom is -0.266 e. The molecular weight excluding hydrogens is 100 g/mol. The first-order valence-corrected chi connectivity index (χ1v) is 2.73. The number of hydrogen-bond acceptors (Lipinski definition) is 1. The van der Waals surface area contributed by atoms with Gasteiger partial charge in [-0.05, 0) is 12.0 Å². The first-order valence-electron chi connectivity index (χ1n) is 2.73. The van der Waals surface area contributed by atoms with Gasteiger partial charge in [0.15, 0.2) is 0 Å². The fraction of sp³-hybridized carbons (Fsp3) is 0.500. The minimum absolute atomic E-state index is 1.02. The molecule has 2 nitrogen and oxygen atoms in total. The highest BCUT2D eigenvalue weighted by molar-refractivity contribution is 5.00. The summed E-state index contributed by atoms with van der Waals surface area (Å²) in [5.41, 5.74) is 1.17. The molecule has 0 atom stereocenters.